The molecule has 0 aromatic heterocycles. The molecule has 0 bridgehead atoms. The number of fused-ring (bicyclic) bond motifs is 1. The number of hydrogen-bond donors (Lipinski definition) is 1. The van der Waals surface area contributed by atoms with Crippen LogP contribution in [-0.2, 0) is 11.0 Å². The number of carbonyl (C=O) groups is 2. The summed E-state index contributed by atoms with van der Waals surface area (Å²) in [6.07, 6.45) is -4.67. The molecule has 128 valence electrons. The summed E-state index contributed by atoms with van der Waals surface area (Å²) in [7, 11) is 2.40. The van der Waals surface area contributed by atoms with Crippen molar-refractivity contribution in [2.75, 3.05) is 20.7 Å². The van der Waals surface area contributed by atoms with E-state index in [-0.39, 0.29) is 22.1 Å². The van der Waals surface area contributed by atoms with Gasteiger partial charge in [0, 0.05) is 12.6 Å². The molecule has 8 heteroatoms. The molecule has 1 amide bonds. The van der Waals surface area contributed by atoms with Gasteiger partial charge in [-0.2, -0.15) is 13.2 Å². The molecule has 2 aromatic rings. The third-order valence-electron chi connectivity index (χ3n) is 3.48. The summed E-state index contributed by atoms with van der Waals surface area (Å²) in [6, 6.07) is 6.41. The van der Waals surface area contributed by atoms with Crippen molar-refractivity contribution in [2.45, 2.75) is 6.18 Å². The predicted molar refractivity (Wildman–Crippen MR) is 80.1 cm³/mol. The molecule has 0 aliphatic heterocycles. The molecule has 1 N–H and O–H groups in total. The Hall–Kier alpha value is -2.77. The molecule has 0 spiro atoms. The molecule has 0 unspecified atom stereocenters. The lowest BCUT2D eigenvalue weighted by atomic mass is 9.98. The Morgan fingerprint density at radius 2 is 1.83 bits per heavy atom. The largest absolute Gasteiger partial charge is 0.496 e. The number of carbonyl (C=O) groups excluding carboxylic acids is 1. The lowest BCUT2D eigenvalue weighted by molar-refractivity contribution is -0.138. The number of carboxylic acids is 1. The standard InChI is InChI=1S/C16H14F3NO4/c1-20(8-13(21)22)15(23)11-5-3-4-10-9(11)6-7-12(24-2)14(10)16(17,18)19/h3-7H,8H2,1-2H3,(H,21,22). The minimum Gasteiger partial charge on any atom is -0.496 e. The highest BCUT2D eigenvalue weighted by atomic mass is 19.4. The third-order valence-corrected chi connectivity index (χ3v) is 3.48. The summed E-state index contributed by atoms with van der Waals surface area (Å²) in [4.78, 5) is 24.0. The van der Waals surface area contributed by atoms with Crippen LogP contribution in [0.3, 0.4) is 0 Å². The zero-order valence-corrected chi connectivity index (χ0v) is 12.8. The molecule has 0 radical (unpaired) electrons. The first kappa shape index (κ1) is 17.6. The maximum absolute atomic E-state index is 13.4. The molecule has 2 rings (SSSR count). The van der Waals surface area contributed by atoms with Crippen molar-refractivity contribution < 1.29 is 32.6 Å². The van der Waals surface area contributed by atoms with Crippen LogP contribution in [0.5, 0.6) is 5.75 Å². The van der Waals surface area contributed by atoms with Gasteiger partial charge in [-0.3, -0.25) is 9.59 Å². The Kier molecular flexibility index (Phi) is 4.68. The van der Waals surface area contributed by atoms with E-state index in [2.05, 4.69) is 0 Å². The second-order valence-corrected chi connectivity index (χ2v) is 5.10. The SMILES string of the molecule is COc1ccc2c(C(=O)N(C)CC(=O)O)cccc2c1C(F)(F)F. The van der Waals surface area contributed by atoms with E-state index in [0.29, 0.717) is 0 Å². The minimum absolute atomic E-state index is 0.00981. The van der Waals surface area contributed by atoms with Gasteiger partial charge in [-0.15, -0.1) is 0 Å². The molecule has 0 atom stereocenters. The van der Waals surface area contributed by atoms with Gasteiger partial charge in [-0.05, 0) is 29.0 Å². The van der Waals surface area contributed by atoms with E-state index in [1.54, 1.807) is 0 Å². The van der Waals surface area contributed by atoms with Crippen LogP contribution in [0.1, 0.15) is 15.9 Å². The predicted octanol–water partition coefficient (Wildman–Crippen LogP) is 3.02. The highest BCUT2D eigenvalue weighted by molar-refractivity contribution is 6.08. The molecule has 0 aliphatic carbocycles. The normalized spacial score (nSPS) is 11.4. The fourth-order valence-corrected chi connectivity index (χ4v) is 2.47. The smallest absolute Gasteiger partial charge is 0.420 e. The van der Waals surface area contributed by atoms with Crippen LogP contribution in [0.2, 0.25) is 0 Å². The number of nitrogens with zero attached hydrogens (tertiary/aromatic N) is 1. The Morgan fingerprint density at radius 1 is 1.17 bits per heavy atom. The molecule has 24 heavy (non-hydrogen) atoms. The fraction of sp³-hybridized carbons (Fsp3) is 0.250. The van der Waals surface area contributed by atoms with E-state index < -0.39 is 30.2 Å². The van der Waals surface area contributed by atoms with Crippen LogP contribution in [0.15, 0.2) is 30.3 Å². The molecule has 2 aromatic carbocycles. The van der Waals surface area contributed by atoms with Gasteiger partial charge in [0.2, 0.25) is 0 Å². The Labute approximate surface area is 135 Å². The molecule has 0 saturated carbocycles. The van der Waals surface area contributed by atoms with Crippen LogP contribution in [0.25, 0.3) is 10.8 Å². The number of alkyl halides is 3. The van der Waals surface area contributed by atoms with Crippen LogP contribution >= 0.6 is 0 Å². The Morgan fingerprint density at radius 3 is 2.38 bits per heavy atom. The number of likely N-dealkylation sites (N-methyl/N-ethyl adjacent to an activating group) is 1. The Bertz CT molecular complexity index is 802. The second-order valence-electron chi connectivity index (χ2n) is 5.10. The van der Waals surface area contributed by atoms with Gasteiger partial charge in [0.1, 0.15) is 17.9 Å². The van der Waals surface area contributed by atoms with E-state index in [0.717, 1.165) is 18.1 Å². The number of ether oxygens (including phenoxy) is 1. The molecule has 0 saturated heterocycles. The number of benzene rings is 2. The number of rotatable bonds is 4. The zero-order valence-electron chi connectivity index (χ0n) is 12.8. The molecule has 5 nitrogen and oxygen atoms in total. The summed E-state index contributed by atoms with van der Waals surface area (Å²) >= 11 is 0. The third kappa shape index (κ3) is 3.27. The number of halogens is 3. The summed E-state index contributed by atoms with van der Waals surface area (Å²) < 4.78 is 44.9. The Balaban J connectivity index is 2.67. The van der Waals surface area contributed by atoms with Gasteiger partial charge >= 0.3 is 12.1 Å². The highest BCUT2D eigenvalue weighted by Gasteiger charge is 2.37. The van der Waals surface area contributed by atoms with Crippen LogP contribution in [0.4, 0.5) is 13.2 Å². The number of aliphatic carboxylic acids is 1. The second kappa shape index (κ2) is 6.38. The van der Waals surface area contributed by atoms with Crippen molar-refractivity contribution in [1.82, 2.24) is 4.90 Å². The quantitative estimate of drug-likeness (QED) is 0.928. The van der Waals surface area contributed by atoms with Gasteiger partial charge in [-0.25, -0.2) is 0 Å². The van der Waals surface area contributed by atoms with E-state index >= 15 is 0 Å². The van der Waals surface area contributed by atoms with E-state index in [1.165, 1.54) is 31.3 Å². The summed E-state index contributed by atoms with van der Waals surface area (Å²) in [5, 5.41) is 8.65. The summed E-state index contributed by atoms with van der Waals surface area (Å²) in [6.45, 7) is -0.558. The summed E-state index contributed by atoms with van der Waals surface area (Å²) in [5.41, 5.74) is -0.984. The number of carboxylic acid groups (broad SMARTS) is 1. The lowest BCUT2D eigenvalue weighted by Gasteiger charge is -2.18. The first-order chi connectivity index (χ1) is 11.2. The molecule has 0 heterocycles. The van der Waals surface area contributed by atoms with Gasteiger partial charge in [0.25, 0.3) is 5.91 Å². The van der Waals surface area contributed by atoms with Gasteiger partial charge in [0.15, 0.2) is 0 Å². The number of methoxy groups -OCH3 is 1. The van der Waals surface area contributed by atoms with Crippen molar-refractivity contribution in [1.29, 1.82) is 0 Å². The maximum atomic E-state index is 13.4. The van der Waals surface area contributed by atoms with Crippen molar-refractivity contribution >= 4 is 22.6 Å². The van der Waals surface area contributed by atoms with E-state index in [4.69, 9.17) is 9.84 Å². The monoisotopic (exact) mass is 341 g/mol. The molecular formula is C16H14F3NO4. The average Bonchev–Trinajstić information content (AvgIpc) is 2.50. The van der Waals surface area contributed by atoms with Gasteiger partial charge in [0.05, 0.1) is 7.11 Å². The first-order valence-corrected chi connectivity index (χ1v) is 6.81. The summed E-state index contributed by atoms with van der Waals surface area (Å²) in [5.74, 6) is -2.25. The number of amides is 1. The van der Waals surface area contributed by atoms with Gasteiger partial charge in [-0.1, -0.05) is 12.1 Å². The van der Waals surface area contributed by atoms with Crippen molar-refractivity contribution in [3.05, 3.63) is 41.5 Å². The van der Waals surface area contributed by atoms with E-state index in [1.807, 2.05) is 0 Å². The number of hydrogen-bond acceptors (Lipinski definition) is 3. The van der Waals surface area contributed by atoms with Crippen LogP contribution < -0.4 is 4.74 Å². The maximum Gasteiger partial charge on any atom is 0.420 e. The van der Waals surface area contributed by atoms with Crippen molar-refractivity contribution in [2.24, 2.45) is 0 Å². The van der Waals surface area contributed by atoms with Gasteiger partial charge < -0.3 is 14.7 Å². The minimum atomic E-state index is -4.67. The fourth-order valence-electron chi connectivity index (χ4n) is 2.47. The molecule has 0 aliphatic rings. The zero-order chi connectivity index (χ0) is 18.1. The average molecular weight is 341 g/mol. The molecule has 0 fully saturated rings. The highest BCUT2D eigenvalue weighted by Crippen LogP contribution is 2.41. The topological polar surface area (TPSA) is 66.8 Å². The van der Waals surface area contributed by atoms with Crippen molar-refractivity contribution in [3.63, 3.8) is 0 Å². The first-order valence-electron chi connectivity index (χ1n) is 6.81. The van der Waals surface area contributed by atoms with Crippen LogP contribution in [0, 0.1) is 0 Å². The van der Waals surface area contributed by atoms with Crippen LogP contribution in [-0.4, -0.2) is 42.6 Å². The van der Waals surface area contributed by atoms with E-state index in [9.17, 15) is 22.8 Å². The molecular weight excluding hydrogens is 327 g/mol. The van der Waals surface area contributed by atoms with Crippen molar-refractivity contribution in [3.8, 4) is 5.75 Å². The lowest BCUT2D eigenvalue weighted by Crippen LogP contribution is -2.32.